The molecule has 0 amide bonds. The first kappa shape index (κ1) is 9.15. The van der Waals surface area contributed by atoms with Crippen LogP contribution in [0.15, 0.2) is 29.6 Å². The predicted octanol–water partition coefficient (Wildman–Crippen LogP) is 2.96. The van der Waals surface area contributed by atoms with E-state index in [1.54, 1.807) is 13.2 Å². The molecule has 2 nitrogen and oxygen atoms in total. The number of methoxy groups -OCH3 is 1. The van der Waals surface area contributed by atoms with Crippen LogP contribution in [0.3, 0.4) is 0 Å². The van der Waals surface area contributed by atoms with Crippen molar-refractivity contribution in [1.82, 2.24) is 4.98 Å². The average Bonchev–Trinajstić information content (AvgIpc) is 2.66. The van der Waals surface area contributed by atoms with Crippen molar-refractivity contribution < 1.29 is 9.13 Å². The van der Waals surface area contributed by atoms with Crippen LogP contribution in [0.4, 0.5) is 4.39 Å². The zero-order valence-electron chi connectivity index (χ0n) is 7.53. The molecule has 0 N–H and O–H groups in total. The normalized spacial score (nSPS) is 10.1. The zero-order chi connectivity index (χ0) is 9.97. The quantitative estimate of drug-likeness (QED) is 0.758. The molecular formula is C10H8FNOS. The van der Waals surface area contributed by atoms with E-state index in [1.807, 2.05) is 11.4 Å². The van der Waals surface area contributed by atoms with Crippen LogP contribution in [0.1, 0.15) is 0 Å². The van der Waals surface area contributed by atoms with Crippen molar-refractivity contribution in [3.63, 3.8) is 0 Å². The first-order valence-corrected chi connectivity index (χ1v) is 4.93. The smallest absolute Gasteiger partial charge is 0.273 e. The Hall–Kier alpha value is -1.42. The summed E-state index contributed by atoms with van der Waals surface area (Å²) in [6, 6.07) is 6.34. The van der Waals surface area contributed by atoms with Gasteiger partial charge in [-0.1, -0.05) is 23.5 Å². The SMILES string of the molecule is COc1nc(-c2cccc(F)c2)cs1. The van der Waals surface area contributed by atoms with Crippen LogP contribution in [-0.4, -0.2) is 12.1 Å². The number of hydrogen-bond acceptors (Lipinski definition) is 3. The van der Waals surface area contributed by atoms with Crippen molar-refractivity contribution in [3.8, 4) is 16.5 Å². The molecule has 0 unspecified atom stereocenters. The maximum Gasteiger partial charge on any atom is 0.273 e. The second-order valence-corrected chi connectivity index (χ2v) is 3.53. The summed E-state index contributed by atoms with van der Waals surface area (Å²) in [7, 11) is 1.56. The van der Waals surface area contributed by atoms with Gasteiger partial charge in [-0.3, -0.25) is 0 Å². The number of hydrogen-bond donors (Lipinski definition) is 0. The Balaban J connectivity index is 2.39. The first-order chi connectivity index (χ1) is 6.79. The second kappa shape index (κ2) is 3.75. The van der Waals surface area contributed by atoms with E-state index in [-0.39, 0.29) is 5.82 Å². The molecule has 0 fully saturated rings. The molecule has 0 saturated carbocycles. The van der Waals surface area contributed by atoms with E-state index in [0.29, 0.717) is 5.19 Å². The lowest BCUT2D eigenvalue weighted by atomic mass is 10.2. The van der Waals surface area contributed by atoms with E-state index in [0.717, 1.165) is 11.3 Å². The Morgan fingerprint density at radius 3 is 2.93 bits per heavy atom. The molecule has 0 aliphatic rings. The van der Waals surface area contributed by atoms with Crippen LogP contribution in [0.5, 0.6) is 5.19 Å². The topological polar surface area (TPSA) is 22.1 Å². The number of benzene rings is 1. The van der Waals surface area contributed by atoms with Gasteiger partial charge in [0.15, 0.2) is 0 Å². The molecule has 0 radical (unpaired) electrons. The molecule has 0 bridgehead atoms. The third-order valence-electron chi connectivity index (χ3n) is 1.78. The molecule has 1 heterocycles. The number of nitrogens with zero attached hydrogens (tertiary/aromatic N) is 1. The van der Waals surface area contributed by atoms with Gasteiger partial charge in [0, 0.05) is 10.9 Å². The fourth-order valence-corrected chi connectivity index (χ4v) is 1.78. The molecular weight excluding hydrogens is 201 g/mol. The Kier molecular flexibility index (Phi) is 2.45. The Morgan fingerprint density at radius 2 is 2.29 bits per heavy atom. The van der Waals surface area contributed by atoms with Crippen molar-refractivity contribution in [1.29, 1.82) is 0 Å². The van der Waals surface area contributed by atoms with Gasteiger partial charge in [0.1, 0.15) is 5.82 Å². The van der Waals surface area contributed by atoms with Crippen LogP contribution in [-0.2, 0) is 0 Å². The maximum atomic E-state index is 12.9. The van der Waals surface area contributed by atoms with Gasteiger partial charge < -0.3 is 4.74 Å². The van der Waals surface area contributed by atoms with Crippen molar-refractivity contribution in [2.75, 3.05) is 7.11 Å². The monoisotopic (exact) mass is 209 g/mol. The summed E-state index contributed by atoms with van der Waals surface area (Å²) in [6.07, 6.45) is 0. The third-order valence-corrected chi connectivity index (χ3v) is 2.58. The molecule has 4 heteroatoms. The summed E-state index contributed by atoms with van der Waals surface area (Å²) in [5.41, 5.74) is 1.51. The van der Waals surface area contributed by atoms with E-state index in [9.17, 15) is 4.39 Å². The van der Waals surface area contributed by atoms with Crippen LogP contribution < -0.4 is 4.74 Å². The zero-order valence-corrected chi connectivity index (χ0v) is 8.34. The highest BCUT2D eigenvalue weighted by Crippen LogP contribution is 2.26. The van der Waals surface area contributed by atoms with E-state index >= 15 is 0 Å². The highest BCUT2D eigenvalue weighted by atomic mass is 32.1. The van der Waals surface area contributed by atoms with Gasteiger partial charge in [-0.15, -0.1) is 0 Å². The summed E-state index contributed by atoms with van der Waals surface area (Å²) in [5, 5.41) is 2.43. The number of aromatic nitrogens is 1. The molecule has 2 aromatic rings. The molecule has 0 saturated heterocycles. The largest absolute Gasteiger partial charge is 0.473 e. The molecule has 14 heavy (non-hydrogen) atoms. The van der Waals surface area contributed by atoms with Gasteiger partial charge in [-0.25, -0.2) is 9.37 Å². The molecule has 0 aliphatic carbocycles. The third kappa shape index (κ3) is 1.75. The molecule has 1 aromatic heterocycles. The Labute approximate surface area is 85.0 Å². The summed E-state index contributed by atoms with van der Waals surface area (Å²) in [4.78, 5) is 4.17. The minimum absolute atomic E-state index is 0.255. The van der Waals surface area contributed by atoms with Crippen molar-refractivity contribution in [2.45, 2.75) is 0 Å². The summed E-state index contributed by atoms with van der Waals surface area (Å²) < 4.78 is 17.8. The Bertz CT molecular complexity index is 441. The molecule has 0 spiro atoms. The minimum atomic E-state index is -0.255. The van der Waals surface area contributed by atoms with Crippen LogP contribution in [0.25, 0.3) is 11.3 Å². The van der Waals surface area contributed by atoms with Crippen molar-refractivity contribution in [3.05, 3.63) is 35.5 Å². The molecule has 0 aliphatic heterocycles. The number of rotatable bonds is 2. The van der Waals surface area contributed by atoms with Gasteiger partial charge in [0.25, 0.3) is 5.19 Å². The molecule has 2 rings (SSSR count). The van der Waals surface area contributed by atoms with Gasteiger partial charge in [-0.2, -0.15) is 0 Å². The molecule has 1 aromatic carbocycles. The van der Waals surface area contributed by atoms with Gasteiger partial charge in [0.2, 0.25) is 0 Å². The van der Waals surface area contributed by atoms with Crippen LogP contribution in [0, 0.1) is 5.82 Å². The van der Waals surface area contributed by atoms with E-state index in [4.69, 9.17) is 4.74 Å². The standard InChI is InChI=1S/C10H8FNOS/c1-13-10-12-9(6-14-10)7-3-2-4-8(11)5-7/h2-6H,1H3. The lowest BCUT2D eigenvalue weighted by Crippen LogP contribution is -1.82. The summed E-state index contributed by atoms with van der Waals surface area (Å²) in [5.74, 6) is -0.255. The fraction of sp³-hybridized carbons (Fsp3) is 0.100. The first-order valence-electron chi connectivity index (χ1n) is 4.05. The average molecular weight is 209 g/mol. The lowest BCUT2D eigenvalue weighted by Gasteiger charge is -1.95. The van der Waals surface area contributed by atoms with Crippen LogP contribution in [0.2, 0.25) is 0 Å². The van der Waals surface area contributed by atoms with Gasteiger partial charge in [-0.05, 0) is 12.1 Å². The summed E-state index contributed by atoms with van der Waals surface area (Å²) in [6.45, 7) is 0. The lowest BCUT2D eigenvalue weighted by molar-refractivity contribution is 0.412. The van der Waals surface area contributed by atoms with E-state index in [1.165, 1.54) is 23.5 Å². The summed E-state index contributed by atoms with van der Waals surface area (Å²) >= 11 is 1.39. The molecule has 0 atom stereocenters. The minimum Gasteiger partial charge on any atom is -0.473 e. The van der Waals surface area contributed by atoms with Gasteiger partial charge >= 0.3 is 0 Å². The number of ether oxygens (including phenoxy) is 1. The van der Waals surface area contributed by atoms with E-state index in [2.05, 4.69) is 4.98 Å². The molecule has 72 valence electrons. The highest BCUT2D eigenvalue weighted by molar-refractivity contribution is 7.11. The van der Waals surface area contributed by atoms with E-state index < -0.39 is 0 Å². The van der Waals surface area contributed by atoms with Crippen molar-refractivity contribution in [2.24, 2.45) is 0 Å². The number of thiazole rings is 1. The van der Waals surface area contributed by atoms with Gasteiger partial charge in [0.05, 0.1) is 12.8 Å². The maximum absolute atomic E-state index is 12.9. The van der Waals surface area contributed by atoms with Crippen molar-refractivity contribution >= 4 is 11.3 Å². The second-order valence-electron chi connectivity index (χ2n) is 2.71. The predicted molar refractivity (Wildman–Crippen MR) is 54.1 cm³/mol. The number of halogens is 1. The van der Waals surface area contributed by atoms with Crippen LogP contribution >= 0.6 is 11.3 Å². The fourth-order valence-electron chi connectivity index (χ4n) is 1.13. The highest BCUT2D eigenvalue weighted by Gasteiger charge is 2.04. The Morgan fingerprint density at radius 1 is 1.43 bits per heavy atom.